The van der Waals surface area contributed by atoms with Crippen molar-refractivity contribution in [1.82, 2.24) is 5.32 Å². The lowest BCUT2D eigenvalue weighted by Gasteiger charge is -2.08. The van der Waals surface area contributed by atoms with Crippen LogP contribution in [0.1, 0.15) is 57.9 Å². The predicted octanol–water partition coefficient (Wildman–Crippen LogP) is 5.04. The first-order chi connectivity index (χ1) is 8.86. The van der Waals surface area contributed by atoms with Gasteiger partial charge in [-0.25, -0.2) is 0 Å². The minimum Gasteiger partial charge on any atom is -0.387 e. The molecule has 0 aliphatic rings. The summed E-state index contributed by atoms with van der Waals surface area (Å²) in [6, 6.07) is 10.6. The van der Waals surface area contributed by atoms with Gasteiger partial charge in [-0.2, -0.15) is 0 Å². The minimum atomic E-state index is 0.933. The molecule has 0 fully saturated rings. The molecule has 100 valence electrons. The number of benzene rings is 1. The lowest BCUT2D eigenvalue weighted by molar-refractivity contribution is 0.699. The molecule has 1 nitrogen and oxygen atoms in total. The van der Waals surface area contributed by atoms with Gasteiger partial charge in [0, 0.05) is 6.54 Å². The molecule has 18 heavy (non-hydrogen) atoms. The fraction of sp³-hybridized carbons (Fsp3) is 0.529. The van der Waals surface area contributed by atoms with Crippen molar-refractivity contribution in [2.45, 2.75) is 58.9 Å². The summed E-state index contributed by atoms with van der Waals surface area (Å²) in [5, 5.41) is 3.46. The van der Waals surface area contributed by atoms with E-state index in [2.05, 4.69) is 55.7 Å². The summed E-state index contributed by atoms with van der Waals surface area (Å²) in [6.07, 6.45) is 9.92. The third-order valence-corrected chi connectivity index (χ3v) is 3.16. The van der Waals surface area contributed by atoms with Crippen molar-refractivity contribution in [3.63, 3.8) is 0 Å². The second-order valence-corrected chi connectivity index (χ2v) is 4.88. The van der Waals surface area contributed by atoms with Gasteiger partial charge >= 0.3 is 0 Å². The molecule has 0 saturated heterocycles. The van der Waals surface area contributed by atoms with Crippen LogP contribution in [-0.2, 0) is 6.54 Å². The van der Waals surface area contributed by atoms with Gasteiger partial charge in [0.05, 0.1) is 0 Å². The zero-order valence-corrected chi connectivity index (χ0v) is 11.9. The Morgan fingerprint density at radius 2 is 1.61 bits per heavy atom. The Morgan fingerprint density at radius 3 is 2.17 bits per heavy atom. The molecule has 0 amide bonds. The molecule has 1 aromatic carbocycles. The van der Waals surface area contributed by atoms with Crippen LogP contribution >= 0.6 is 0 Å². The van der Waals surface area contributed by atoms with Gasteiger partial charge in [0.25, 0.3) is 0 Å². The van der Waals surface area contributed by atoms with Gasteiger partial charge < -0.3 is 5.32 Å². The quantitative estimate of drug-likeness (QED) is 0.642. The van der Waals surface area contributed by atoms with E-state index in [1.807, 2.05) is 0 Å². The Labute approximate surface area is 112 Å². The first kappa shape index (κ1) is 14.8. The van der Waals surface area contributed by atoms with Crippen molar-refractivity contribution in [2.75, 3.05) is 0 Å². The molecule has 0 aliphatic heterocycles. The van der Waals surface area contributed by atoms with Gasteiger partial charge in [0.1, 0.15) is 0 Å². The van der Waals surface area contributed by atoms with E-state index in [1.54, 1.807) is 5.57 Å². The van der Waals surface area contributed by atoms with E-state index in [4.69, 9.17) is 0 Å². The van der Waals surface area contributed by atoms with Crippen molar-refractivity contribution in [3.05, 3.63) is 47.7 Å². The highest BCUT2D eigenvalue weighted by atomic mass is 14.8. The molecule has 1 N–H and O–H groups in total. The molecule has 0 spiro atoms. The van der Waals surface area contributed by atoms with E-state index in [0.717, 1.165) is 6.54 Å². The smallest absolute Gasteiger partial charge is 0.0395 e. The van der Waals surface area contributed by atoms with Crippen LogP contribution in [0, 0.1) is 0 Å². The van der Waals surface area contributed by atoms with Crippen LogP contribution in [0.15, 0.2) is 42.1 Å². The van der Waals surface area contributed by atoms with Gasteiger partial charge in [-0.1, -0.05) is 62.6 Å². The Kier molecular flexibility index (Phi) is 8.03. The maximum atomic E-state index is 3.46. The van der Waals surface area contributed by atoms with Crippen LogP contribution in [-0.4, -0.2) is 0 Å². The Morgan fingerprint density at radius 1 is 1.00 bits per heavy atom. The van der Waals surface area contributed by atoms with Crippen molar-refractivity contribution in [1.29, 1.82) is 0 Å². The van der Waals surface area contributed by atoms with E-state index in [9.17, 15) is 0 Å². The molecule has 0 radical (unpaired) electrons. The second kappa shape index (κ2) is 9.76. The lowest BCUT2D eigenvalue weighted by Crippen LogP contribution is -2.06. The lowest BCUT2D eigenvalue weighted by atomic mass is 10.0. The van der Waals surface area contributed by atoms with E-state index in [-0.39, 0.29) is 0 Å². The van der Waals surface area contributed by atoms with Crippen molar-refractivity contribution in [2.24, 2.45) is 0 Å². The molecule has 0 bridgehead atoms. The Hall–Kier alpha value is -1.24. The monoisotopic (exact) mass is 245 g/mol. The fourth-order valence-electron chi connectivity index (χ4n) is 1.99. The zero-order chi connectivity index (χ0) is 13.1. The van der Waals surface area contributed by atoms with Gasteiger partial charge in [-0.3, -0.25) is 0 Å². The van der Waals surface area contributed by atoms with Crippen LogP contribution < -0.4 is 5.32 Å². The largest absolute Gasteiger partial charge is 0.387 e. The second-order valence-electron chi connectivity index (χ2n) is 4.88. The summed E-state index contributed by atoms with van der Waals surface area (Å²) in [5.41, 5.74) is 2.92. The van der Waals surface area contributed by atoms with E-state index in [1.165, 1.54) is 44.1 Å². The number of allylic oxidation sites excluding steroid dienone is 1. The summed E-state index contributed by atoms with van der Waals surface area (Å²) in [7, 11) is 0. The van der Waals surface area contributed by atoms with Gasteiger partial charge in [-0.15, -0.1) is 0 Å². The molecule has 1 rings (SSSR count). The molecule has 0 atom stereocenters. The molecular weight excluding hydrogens is 218 g/mol. The van der Waals surface area contributed by atoms with Crippen molar-refractivity contribution >= 4 is 0 Å². The third kappa shape index (κ3) is 6.48. The maximum Gasteiger partial charge on any atom is 0.0395 e. The van der Waals surface area contributed by atoms with Crippen molar-refractivity contribution < 1.29 is 0 Å². The van der Waals surface area contributed by atoms with Crippen LogP contribution in [0.25, 0.3) is 0 Å². The van der Waals surface area contributed by atoms with Crippen LogP contribution in [0.4, 0.5) is 0 Å². The van der Waals surface area contributed by atoms with Gasteiger partial charge in [0.2, 0.25) is 0 Å². The van der Waals surface area contributed by atoms with Crippen LogP contribution in [0.3, 0.4) is 0 Å². The predicted molar refractivity (Wildman–Crippen MR) is 80.4 cm³/mol. The summed E-state index contributed by atoms with van der Waals surface area (Å²) < 4.78 is 0. The number of rotatable bonds is 9. The Bertz CT molecular complexity index is 317. The number of unbranched alkanes of at least 4 members (excludes halogenated alkanes) is 2. The van der Waals surface area contributed by atoms with E-state index >= 15 is 0 Å². The molecule has 1 heteroatoms. The SMILES string of the molecule is CCCCC(=CNCc1ccccc1)CCCC. The summed E-state index contributed by atoms with van der Waals surface area (Å²) in [5.74, 6) is 0. The van der Waals surface area contributed by atoms with Crippen LogP contribution in [0.2, 0.25) is 0 Å². The molecule has 0 aliphatic carbocycles. The highest BCUT2D eigenvalue weighted by Crippen LogP contribution is 2.14. The van der Waals surface area contributed by atoms with E-state index in [0.29, 0.717) is 0 Å². The Balaban J connectivity index is 2.38. The highest BCUT2D eigenvalue weighted by Gasteiger charge is 1.97. The van der Waals surface area contributed by atoms with Crippen molar-refractivity contribution in [3.8, 4) is 0 Å². The average Bonchev–Trinajstić information content (AvgIpc) is 2.42. The number of hydrogen-bond acceptors (Lipinski definition) is 1. The first-order valence-electron chi connectivity index (χ1n) is 7.32. The average molecular weight is 245 g/mol. The molecule has 0 unspecified atom stereocenters. The highest BCUT2D eigenvalue weighted by molar-refractivity contribution is 5.15. The molecular formula is C17H27N. The summed E-state index contributed by atoms with van der Waals surface area (Å²) in [6.45, 7) is 5.45. The van der Waals surface area contributed by atoms with Gasteiger partial charge in [0.15, 0.2) is 0 Å². The normalized spacial score (nSPS) is 10.1. The zero-order valence-electron chi connectivity index (χ0n) is 11.9. The minimum absolute atomic E-state index is 0.933. The first-order valence-corrected chi connectivity index (χ1v) is 7.32. The third-order valence-electron chi connectivity index (χ3n) is 3.16. The molecule has 1 aromatic rings. The molecule has 0 heterocycles. The van der Waals surface area contributed by atoms with Crippen LogP contribution in [0.5, 0.6) is 0 Å². The van der Waals surface area contributed by atoms with E-state index < -0.39 is 0 Å². The summed E-state index contributed by atoms with van der Waals surface area (Å²) >= 11 is 0. The maximum absolute atomic E-state index is 3.46. The number of hydrogen-bond donors (Lipinski definition) is 1. The number of nitrogens with one attached hydrogen (secondary N) is 1. The summed E-state index contributed by atoms with van der Waals surface area (Å²) in [4.78, 5) is 0. The standard InChI is InChI=1S/C17H27N/c1-3-5-10-16(11-6-4-2)14-18-15-17-12-8-7-9-13-17/h7-9,12-14,18H,3-6,10-11,15H2,1-2H3. The molecule has 0 aromatic heterocycles. The fourth-order valence-corrected chi connectivity index (χ4v) is 1.99. The molecule has 0 saturated carbocycles. The van der Waals surface area contributed by atoms with Gasteiger partial charge in [-0.05, 0) is 37.4 Å². The topological polar surface area (TPSA) is 12.0 Å².